The Morgan fingerprint density at radius 2 is 2.00 bits per heavy atom. The molecule has 94 valence electrons. The molecule has 17 heavy (non-hydrogen) atoms. The van der Waals surface area contributed by atoms with Gasteiger partial charge in [0.25, 0.3) is 0 Å². The number of carboxylic acid groups (broad SMARTS) is 1. The van der Waals surface area contributed by atoms with Crippen LogP contribution in [-0.2, 0) is 15.9 Å². The molecule has 0 atom stereocenters. The molecule has 0 aromatic heterocycles. The molecule has 8 heteroatoms. The summed E-state index contributed by atoms with van der Waals surface area (Å²) in [5, 5.41) is 8.34. The average Bonchev–Trinajstić information content (AvgIpc) is 2.18. The Morgan fingerprint density at radius 1 is 1.41 bits per heavy atom. The van der Waals surface area contributed by atoms with Gasteiger partial charge in [-0.1, -0.05) is 12.1 Å². The lowest BCUT2D eigenvalue weighted by Crippen LogP contribution is -2.11. The first-order valence-corrected chi connectivity index (χ1v) is 7.26. The van der Waals surface area contributed by atoms with Crippen molar-refractivity contribution in [3.63, 3.8) is 0 Å². The summed E-state index contributed by atoms with van der Waals surface area (Å²) in [5.74, 6) is 0.679. The first-order chi connectivity index (χ1) is 7.87. The molecule has 1 rings (SSSR count). The molecule has 0 radical (unpaired) electrons. The van der Waals surface area contributed by atoms with Crippen molar-refractivity contribution in [3.8, 4) is 5.75 Å². The van der Waals surface area contributed by atoms with E-state index in [1.54, 1.807) is 12.1 Å². The molecule has 1 aromatic carbocycles. The fourth-order valence-corrected chi connectivity index (χ4v) is 2.01. The van der Waals surface area contributed by atoms with E-state index in [0.717, 1.165) is 23.8 Å². The van der Waals surface area contributed by atoms with Crippen LogP contribution in [0.25, 0.3) is 0 Å². The predicted octanol–water partition coefficient (Wildman–Crippen LogP) is 1.44. The second-order valence-corrected chi connectivity index (χ2v) is 5.48. The Hall–Kier alpha value is -1.41. The van der Waals surface area contributed by atoms with Gasteiger partial charge in [-0.2, -0.15) is 8.42 Å². The third-order valence-electron chi connectivity index (χ3n) is 1.57. The highest BCUT2D eigenvalue weighted by molar-refractivity contribution is 7.97. The van der Waals surface area contributed by atoms with E-state index >= 15 is 0 Å². The topological polar surface area (TPSA) is 92.7 Å². The molecule has 1 aromatic rings. The van der Waals surface area contributed by atoms with E-state index in [1.165, 1.54) is 12.1 Å². The van der Waals surface area contributed by atoms with Gasteiger partial charge in [-0.15, -0.1) is 0 Å². The van der Waals surface area contributed by atoms with E-state index in [-0.39, 0.29) is 5.75 Å². The van der Waals surface area contributed by atoms with E-state index in [4.69, 9.17) is 5.11 Å². The molecule has 6 nitrogen and oxygen atoms in total. The maximum absolute atomic E-state index is 10.8. The van der Waals surface area contributed by atoms with Gasteiger partial charge in [0, 0.05) is 5.75 Å². The van der Waals surface area contributed by atoms with Crippen LogP contribution in [0.5, 0.6) is 5.75 Å². The Morgan fingerprint density at radius 3 is 2.47 bits per heavy atom. The van der Waals surface area contributed by atoms with Crippen molar-refractivity contribution in [2.75, 3.05) is 6.26 Å². The van der Waals surface area contributed by atoms with E-state index in [0.29, 0.717) is 5.75 Å². The van der Waals surface area contributed by atoms with Gasteiger partial charge in [-0.25, -0.2) is 4.79 Å². The van der Waals surface area contributed by atoms with Crippen LogP contribution >= 0.6 is 11.9 Å². The largest absolute Gasteiger partial charge is 0.464 e. The molecule has 0 heterocycles. The molecule has 0 saturated heterocycles. The summed E-state index contributed by atoms with van der Waals surface area (Å²) in [6.07, 6.45) is -0.139. The lowest BCUT2D eigenvalue weighted by molar-refractivity contribution is 0.202. The molecular weight excluding hydrogens is 266 g/mol. The Balaban J connectivity index is 2.53. The van der Waals surface area contributed by atoms with E-state index in [2.05, 4.69) is 8.91 Å². The van der Waals surface area contributed by atoms with Gasteiger partial charge < -0.3 is 9.29 Å². The molecule has 0 saturated carbocycles. The number of hydrogen-bond acceptors (Lipinski definition) is 5. The lowest BCUT2D eigenvalue weighted by Gasteiger charge is -2.04. The zero-order valence-electron chi connectivity index (χ0n) is 8.91. The fraction of sp³-hybridized carbons (Fsp3) is 0.222. The van der Waals surface area contributed by atoms with Gasteiger partial charge in [0.05, 0.1) is 6.26 Å². The summed E-state index contributed by atoms with van der Waals surface area (Å²) in [4.78, 5) is 10.2. The van der Waals surface area contributed by atoms with Crippen LogP contribution in [0.4, 0.5) is 4.79 Å². The second kappa shape index (κ2) is 5.78. The minimum absolute atomic E-state index is 0.229. The summed E-state index contributed by atoms with van der Waals surface area (Å²) in [6.45, 7) is 0. The fourth-order valence-electron chi connectivity index (χ4n) is 0.997. The molecule has 0 aliphatic rings. The van der Waals surface area contributed by atoms with Crippen molar-refractivity contribution >= 4 is 28.2 Å². The summed E-state index contributed by atoms with van der Waals surface area (Å²) < 4.78 is 28.5. The molecule has 0 bridgehead atoms. The lowest BCUT2D eigenvalue weighted by atomic mass is 10.2. The van der Waals surface area contributed by atoms with Crippen LogP contribution in [0.3, 0.4) is 0 Å². The van der Waals surface area contributed by atoms with Gasteiger partial charge >= 0.3 is 16.2 Å². The Kier molecular flexibility index (Phi) is 4.64. The molecular formula is C9H11NO5S2. The van der Waals surface area contributed by atoms with Crippen LogP contribution < -0.4 is 8.91 Å². The van der Waals surface area contributed by atoms with Gasteiger partial charge in [-0.3, -0.25) is 4.72 Å². The molecule has 0 unspecified atom stereocenters. The highest BCUT2D eigenvalue weighted by Crippen LogP contribution is 2.16. The van der Waals surface area contributed by atoms with Crippen molar-refractivity contribution in [1.29, 1.82) is 0 Å². The summed E-state index contributed by atoms with van der Waals surface area (Å²) in [5.41, 5.74) is 0.851. The Bertz CT molecular complexity index is 483. The zero-order chi connectivity index (χ0) is 12.9. The number of nitrogens with one attached hydrogen (secondary N) is 1. The molecule has 1 amide bonds. The minimum atomic E-state index is -3.51. The number of rotatable bonds is 5. The van der Waals surface area contributed by atoms with Gasteiger partial charge in [-0.05, 0) is 29.6 Å². The van der Waals surface area contributed by atoms with Crippen LogP contribution in [0.2, 0.25) is 0 Å². The van der Waals surface area contributed by atoms with Crippen molar-refractivity contribution in [1.82, 2.24) is 4.72 Å². The average molecular weight is 277 g/mol. The summed E-state index contributed by atoms with van der Waals surface area (Å²) in [7, 11) is -3.51. The summed E-state index contributed by atoms with van der Waals surface area (Å²) in [6, 6.07) is 6.35. The maximum atomic E-state index is 10.8. The van der Waals surface area contributed by atoms with Gasteiger partial charge in [0.15, 0.2) is 0 Å². The number of hydrogen-bond donors (Lipinski definition) is 2. The van der Waals surface area contributed by atoms with Crippen LogP contribution in [0.15, 0.2) is 24.3 Å². The molecule has 0 aliphatic carbocycles. The molecule has 0 spiro atoms. The highest BCUT2D eigenvalue weighted by atomic mass is 32.2. The quantitative estimate of drug-likeness (QED) is 0.625. The van der Waals surface area contributed by atoms with E-state index in [9.17, 15) is 13.2 Å². The number of carbonyl (C=O) groups is 1. The van der Waals surface area contributed by atoms with Crippen LogP contribution in [-0.4, -0.2) is 25.9 Å². The Labute approximate surface area is 103 Å². The summed E-state index contributed by atoms with van der Waals surface area (Å²) >= 11 is 1.02. The van der Waals surface area contributed by atoms with Crippen molar-refractivity contribution < 1.29 is 22.5 Å². The molecule has 0 aliphatic heterocycles. The molecule has 0 fully saturated rings. The minimum Gasteiger partial charge on any atom is -0.464 e. The number of benzene rings is 1. The van der Waals surface area contributed by atoms with E-state index in [1.807, 2.05) is 0 Å². The predicted molar refractivity (Wildman–Crippen MR) is 64.4 cm³/mol. The van der Waals surface area contributed by atoms with Crippen LogP contribution in [0, 0.1) is 0 Å². The van der Waals surface area contributed by atoms with Crippen molar-refractivity contribution in [3.05, 3.63) is 29.8 Å². The normalized spacial score (nSPS) is 10.9. The smallest absolute Gasteiger partial charge is 0.414 e. The maximum Gasteiger partial charge on any atom is 0.414 e. The first-order valence-electron chi connectivity index (χ1n) is 4.46. The SMILES string of the molecule is CS(=O)(=O)Oc1ccc(CSNC(=O)O)cc1. The number of amides is 1. The van der Waals surface area contributed by atoms with E-state index < -0.39 is 16.2 Å². The monoisotopic (exact) mass is 277 g/mol. The van der Waals surface area contributed by atoms with Crippen molar-refractivity contribution in [2.45, 2.75) is 5.75 Å². The highest BCUT2D eigenvalue weighted by Gasteiger charge is 2.04. The van der Waals surface area contributed by atoms with Gasteiger partial charge in [0.2, 0.25) is 0 Å². The second-order valence-electron chi connectivity index (χ2n) is 3.13. The molecule has 2 N–H and O–H groups in total. The third kappa shape index (κ3) is 6.03. The van der Waals surface area contributed by atoms with Crippen molar-refractivity contribution in [2.24, 2.45) is 0 Å². The standard InChI is InChI=1S/C9H11NO5S2/c1-17(13,14)15-8-4-2-7(3-5-8)6-16-10-9(11)12/h2-5,10H,6H2,1H3,(H,11,12). The van der Waals surface area contributed by atoms with Crippen LogP contribution in [0.1, 0.15) is 5.56 Å². The third-order valence-corrected chi connectivity index (χ3v) is 2.86. The van der Waals surface area contributed by atoms with Gasteiger partial charge in [0.1, 0.15) is 5.75 Å². The first kappa shape index (κ1) is 13.7. The zero-order valence-corrected chi connectivity index (χ0v) is 10.5.